The van der Waals surface area contributed by atoms with Crippen LogP contribution >= 0.6 is 0 Å². The standard InChI is InChI=1S/C38H25N3/c1-3-12-26(13-4-1)31-18-7-8-19-32(31)29-15-11-14-27(24-29)28-22-23-34-35(25-28)39-37-33-20-9-10-21-36(33)41(38(37)40-34)30-16-5-2-6-17-30/h1-25H. The average Bonchev–Trinajstić information content (AvgIpc) is 3.37. The van der Waals surface area contributed by atoms with Crippen molar-refractivity contribution in [3.05, 3.63) is 152 Å². The molecule has 3 heteroatoms. The van der Waals surface area contributed by atoms with Crippen molar-refractivity contribution in [1.29, 1.82) is 0 Å². The van der Waals surface area contributed by atoms with Crippen LogP contribution in [0.25, 0.3) is 72.2 Å². The molecule has 41 heavy (non-hydrogen) atoms. The van der Waals surface area contributed by atoms with Gasteiger partial charge >= 0.3 is 0 Å². The van der Waals surface area contributed by atoms with E-state index in [1.54, 1.807) is 0 Å². The molecule has 0 unspecified atom stereocenters. The number of aromatic nitrogens is 3. The summed E-state index contributed by atoms with van der Waals surface area (Å²) in [5.74, 6) is 0. The molecule has 0 aliphatic heterocycles. The van der Waals surface area contributed by atoms with Gasteiger partial charge in [-0.2, -0.15) is 0 Å². The molecule has 0 amide bonds. The molecule has 192 valence electrons. The highest BCUT2D eigenvalue weighted by Crippen LogP contribution is 2.35. The molecule has 0 spiro atoms. The Labute approximate surface area is 238 Å². The molecule has 0 atom stereocenters. The highest BCUT2D eigenvalue weighted by atomic mass is 15.1. The van der Waals surface area contributed by atoms with Crippen molar-refractivity contribution >= 4 is 33.1 Å². The summed E-state index contributed by atoms with van der Waals surface area (Å²) < 4.78 is 2.21. The van der Waals surface area contributed by atoms with Crippen molar-refractivity contribution in [2.75, 3.05) is 0 Å². The number of benzene rings is 6. The minimum Gasteiger partial charge on any atom is -0.293 e. The Balaban J connectivity index is 1.27. The van der Waals surface area contributed by atoms with Gasteiger partial charge in [-0.3, -0.25) is 4.57 Å². The number of para-hydroxylation sites is 2. The maximum atomic E-state index is 5.19. The predicted octanol–water partition coefficient (Wildman–Crippen LogP) is 9.73. The highest BCUT2D eigenvalue weighted by molar-refractivity contribution is 6.07. The molecule has 8 aromatic rings. The molecule has 0 aliphatic rings. The van der Waals surface area contributed by atoms with Gasteiger partial charge < -0.3 is 0 Å². The van der Waals surface area contributed by atoms with Crippen LogP contribution in [-0.4, -0.2) is 14.5 Å². The molecule has 2 aromatic heterocycles. The van der Waals surface area contributed by atoms with Crippen molar-refractivity contribution in [2.45, 2.75) is 0 Å². The molecule has 0 aliphatic carbocycles. The van der Waals surface area contributed by atoms with Gasteiger partial charge in [0.25, 0.3) is 0 Å². The lowest BCUT2D eigenvalue weighted by atomic mass is 9.92. The topological polar surface area (TPSA) is 30.7 Å². The third-order valence-electron chi connectivity index (χ3n) is 7.79. The fraction of sp³-hybridized carbons (Fsp3) is 0. The Morgan fingerprint density at radius 2 is 1.05 bits per heavy atom. The Morgan fingerprint density at radius 1 is 0.415 bits per heavy atom. The van der Waals surface area contributed by atoms with Crippen molar-refractivity contribution in [3.63, 3.8) is 0 Å². The summed E-state index contributed by atoms with van der Waals surface area (Å²) >= 11 is 0. The van der Waals surface area contributed by atoms with E-state index in [0.717, 1.165) is 49.9 Å². The first-order chi connectivity index (χ1) is 20.3. The first-order valence-corrected chi connectivity index (χ1v) is 13.9. The van der Waals surface area contributed by atoms with Crippen LogP contribution in [0.1, 0.15) is 0 Å². The Hall–Kier alpha value is -5.54. The molecule has 0 saturated heterocycles. The molecular formula is C38H25N3. The minimum atomic E-state index is 0.872. The zero-order valence-corrected chi connectivity index (χ0v) is 22.3. The second kappa shape index (κ2) is 9.58. The van der Waals surface area contributed by atoms with Crippen LogP contribution in [0.2, 0.25) is 0 Å². The maximum absolute atomic E-state index is 5.19. The lowest BCUT2D eigenvalue weighted by molar-refractivity contribution is 1.14. The van der Waals surface area contributed by atoms with Crippen molar-refractivity contribution in [2.24, 2.45) is 0 Å². The second-order valence-corrected chi connectivity index (χ2v) is 10.3. The van der Waals surface area contributed by atoms with E-state index in [9.17, 15) is 0 Å². The number of hydrogen-bond acceptors (Lipinski definition) is 2. The Bertz CT molecular complexity index is 2200. The predicted molar refractivity (Wildman–Crippen MR) is 170 cm³/mol. The molecule has 0 saturated carbocycles. The number of nitrogens with zero attached hydrogens (tertiary/aromatic N) is 3. The van der Waals surface area contributed by atoms with Crippen molar-refractivity contribution in [1.82, 2.24) is 14.5 Å². The van der Waals surface area contributed by atoms with E-state index in [4.69, 9.17) is 9.97 Å². The molecule has 0 bridgehead atoms. The monoisotopic (exact) mass is 523 g/mol. The van der Waals surface area contributed by atoms with Crippen LogP contribution < -0.4 is 0 Å². The van der Waals surface area contributed by atoms with Gasteiger partial charge in [0.1, 0.15) is 5.52 Å². The zero-order chi connectivity index (χ0) is 27.2. The third-order valence-corrected chi connectivity index (χ3v) is 7.79. The van der Waals surface area contributed by atoms with E-state index in [2.05, 4.69) is 150 Å². The summed E-state index contributed by atoms with van der Waals surface area (Å²) in [6, 6.07) is 53.2. The summed E-state index contributed by atoms with van der Waals surface area (Å²) in [7, 11) is 0. The number of rotatable bonds is 4. The van der Waals surface area contributed by atoms with Gasteiger partial charge in [0.2, 0.25) is 0 Å². The minimum absolute atomic E-state index is 0.872. The molecule has 0 N–H and O–H groups in total. The molecule has 0 fully saturated rings. The van der Waals surface area contributed by atoms with Crippen LogP contribution in [-0.2, 0) is 0 Å². The summed E-state index contributed by atoms with van der Waals surface area (Å²) in [6.07, 6.45) is 0. The molecule has 2 heterocycles. The lowest BCUT2D eigenvalue weighted by Gasteiger charge is -2.12. The van der Waals surface area contributed by atoms with E-state index < -0.39 is 0 Å². The van der Waals surface area contributed by atoms with Gasteiger partial charge in [-0.25, -0.2) is 9.97 Å². The summed E-state index contributed by atoms with van der Waals surface area (Å²) in [6.45, 7) is 0. The first kappa shape index (κ1) is 23.4. The van der Waals surface area contributed by atoms with E-state index >= 15 is 0 Å². The summed E-state index contributed by atoms with van der Waals surface area (Å²) in [5, 5.41) is 1.10. The largest absolute Gasteiger partial charge is 0.293 e. The first-order valence-electron chi connectivity index (χ1n) is 13.9. The van der Waals surface area contributed by atoms with Gasteiger partial charge in [-0.05, 0) is 69.8 Å². The molecule has 8 rings (SSSR count). The van der Waals surface area contributed by atoms with Gasteiger partial charge in [0, 0.05) is 11.1 Å². The normalized spacial score (nSPS) is 11.4. The van der Waals surface area contributed by atoms with Crippen LogP contribution in [0.4, 0.5) is 0 Å². The second-order valence-electron chi connectivity index (χ2n) is 10.3. The quantitative estimate of drug-likeness (QED) is 0.230. The van der Waals surface area contributed by atoms with Crippen LogP contribution in [0, 0.1) is 0 Å². The smallest absolute Gasteiger partial charge is 0.165 e. The highest BCUT2D eigenvalue weighted by Gasteiger charge is 2.16. The molecule has 6 aromatic carbocycles. The van der Waals surface area contributed by atoms with E-state index in [1.165, 1.54) is 22.3 Å². The zero-order valence-electron chi connectivity index (χ0n) is 22.3. The average molecular weight is 524 g/mol. The lowest BCUT2D eigenvalue weighted by Crippen LogP contribution is -1.96. The van der Waals surface area contributed by atoms with Gasteiger partial charge in [-0.15, -0.1) is 0 Å². The Morgan fingerprint density at radius 3 is 1.88 bits per heavy atom. The molecule has 3 nitrogen and oxygen atoms in total. The van der Waals surface area contributed by atoms with Gasteiger partial charge in [0.05, 0.1) is 16.6 Å². The van der Waals surface area contributed by atoms with Gasteiger partial charge in [0.15, 0.2) is 5.65 Å². The SMILES string of the molecule is c1ccc(-c2ccccc2-c2cccc(-c3ccc4nc5c(nc4c3)c3ccccc3n5-c3ccccc3)c2)cc1. The van der Waals surface area contributed by atoms with E-state index in [1.807, 2.05) is 6.07 Å². The molecular weight excluding hydrogens is 498 g/mol. The third kappa shape index (κ3) is 3.98. The van der Waals surface area contributed by atoms with Crippen LogP contribution in [0.15, 0.2) is 152 Å². The van der Waals surface area contributed by atoms with Crippen molar-refractivity contribution in [3.8, 4) is 39.1 Å². The maximum Gasteiger partial charge on any atom is 0.165 e. The van der Waals surface area contributed by atoms with Gasteiger partial charge in [-0.1, -0.05) is 115 Å². The van der Waals surface area contributed by atoms with E-state index in [-0.39, 0.29) is 0 Å². The number of hydrogen-bond donors (Lipinski definition) is 0. The molecule has 0 radical (unpaired) electrons. The van der Waals surface area contributed by atoms with Crippen LogP contribution in [0.3, 0.4) is 0 Å². The fourth-order valence-electron chi connectivity index (χ4n) is 5.85. The Kier molecular flexibility index (Phi) is 5.46. The summed E-state index contributed by atoms with van der Waals surface area (Å²) in [4.78, 5) is 10.3. The fourth-order valence-corrected chi connectivity index (χ4v) is 5.85. The summed E-state index contributed by atoms with van der Waals surface area (Å²) in [5.41, 5.74) is 12.9. The van der Waals surface area contributed by atoms with Crippen molar-refractivity contribution < 1.29 is 0 Å². The van der Waals surface area contributed by atoms with Crippen LogP contribution in [0.5, 0.6) is 0 Å². The van der Waals surface area contributed by atoms with E-state index in [0.29, 0.717) is 0 Å². The number of fused-ring (bicyclic) bond motifs is 4.